The molecule has 5 nitrogen and oxygen atoms in total. The summed E-state index contributed by atoms with van der Waals surface area (Å²) in [4.78, 5) is 16.7. The van der Waals surface area contributed by atoms with Crippen molar-refractivity contribution in [3.05, 3.63) is 52.3 Å². The van der Waals surface area contributed by atoms with Gasteiger partial charge < -0.3 is 14.8 Å². The van der Waals surface area contributed by atoms with E-state index in [4.69, 9.17) is 9.47 Å². The molecule has 25 heavy (non-hydrogen) atoms. The Morgan fingerprint density at radius 2 is 1.92 bits per heavy atom. The van der Waals surface area contributed by atoms with Gasteiger partial charge in [0.1, 0.15) is 0 Å². The largest absolute Gasteiger partial charge is 0.490 e. The number of halogens is 1. The number of aromatic nitrogens is 1. The third kappa shape index (κ3) is 4.31. The molecule has 0 bridgehead atoms. The summed E-state index contributed by atoms with van der Waals surface area (Å²) in [5.41, 5.74) is 1.52. The molecule has 0 spiro atoms. The number of benzene rings is 1. The number of nitrogens with zero attached hydrogens (tertiary/aromatic N) is 1. The van der Waals surface area contributed by atoms with Crippen molar-refractivity contribution in [2.45, 2.75) is 26.3 Å². The lowest BCUT2D eigenvalue weighted by Crippen LogP contribution is -2.31. The maximum atomic E-state index is 12.6. The Kier molecular flexibility index (Phi) is 5.58. The molecular weight excluding hydrogens is 384 g/mol. The highest BCUT2D eigenvalue weighted by molar-refractivity contribution is 9.10. The fourth-order valence-electron chi connectivity index (χ4n) is 2.77. The van der Waals surface area contributed by atoms with Crippen LogP contribution in [0.25, 0.3) is 0 Å². The van der Waals surface area contributed by atoms with Crippen LogP contribution < -0.4 is 14.8 Å². The highest BCUT2D eigenvalue weighted by Gasteiger charge is 2.22. The van der Waals surface area contributed by atoms with Crippen LogP contribution in [-0.2, 0) is 0 Å². The second-order valence-corrected chi connectivity index (χ2v) is 7.26. The van der Waals surface area contributed by atoms with E-state index in [-0.39, 0.29) is 17.9 Å². The smallest absolute Gasteiger partial charge is 0.253 e. The topological polar surface area (TPSA) is 60.5 Å². The van der Waals surface area contributed by atoms with Gasteiger partial charge in [-0.05, 0) is 45.6 Å². The van der Waals surface area contributed by atoms with Crippen LogP contribution in [0.3, 0.4) is 0 Å². The molecule has 1 aromatic heterocycles. The molecule has 2 heterocycles. The van der Waals surface area contributed by atoms with E-state index in [2.05, 4.69) is 40.1 Å². The normalized spacial score (nSPS) is 14.7. The lowest BCUT2D eigenvalue weighted by molar-refractivity contribution is 0.0925. The van der Waals surface area contributed by atoms with Gasteiger partial charge in [0.15, 0.2) is 11.5 Å². The molecule has 1 aliphatic heterocycles. The zero-order valence-electron chi connectivity index (χ0n) is 14.3. The molecule has 0 aliphatic carbocycles. The summed E-state index contributed by atoms with van der Waals surface area (Å²) in [6.45, 7) is 5.45. The molecule has 1 amide bonds. The fourth-order valence-corrected chi connectivity index (χ4v) is 3.13. The molecule has 1 N–H and O–H groups in total. The lowest BCUT2D eigenvalue weighted by atomic mass is 9.95. The van der Waals surface area contributed by atoms with Gasteiger partial charge in [-0.3, -0.25) is 9.78 Å². The SMILES string of the molecule is CC(C)C(NC(=O)c1cncc(Br)c1)c1ccc2c(c1)OCCCO2. The van der Waals surface area contributed by atoms with E-state index in [1.807, 2.05) is 18.2 Å². The second kappa shape index (κ2) is 7.87. The Labute approximate surface area is 155 Å². The first-order valence-corrected chi connectivity index (χ1v) is 9.15. The molecule has 2 aromatic rings. The van der Waals surface area contributed by atoms with Gasteiger partial charge in [-0.15, -0.1) is 0 Å². The number of hydrogen-bond acceptors (Lipinski definition) is 4. The van der Waals surface area contributed by atoms with Crippen molar-refractivity contribution in [3.8, 4) is 11.5 Å². The van der Waals surface area contributed by atoms with Crippen LogP contribution in [0.15, 0.2) is 41.1 Å². The molecule has 1 unspecified atom stereocenters. The number of ether oxygens (including phenoxy) is 2. The van der Waals surface area contributed by atoms with Crippen LogP contribution in [-0.4, -0.2) is 24.1 Å². The van der Waals surface area contributed by atoms with Crippen molar-refractivity contribution >= 4 is 21.8 Å². The first-order chi connectivity index (χ1) is 12.0. The second-order valence-electron chi connectivity index (χ2n) is 6.34. The van der Waals surface area contributed by atoms with E-state index in [1.165, 1.54) is 0 Å². The molecule has 0 saturated carbocycles. The van der Waals surface area contributed by atoms with Gasteiger partial charge >= 0.3 is 0 Å². The summed E-state index contributed by atoms with van der Waals surface area (Å²) in [6.07, 6.45) is 4.08. The van der Waals surface area contributed by atoms with Gasteiger partial charge in [-0.1, -0.05) is 19.9 Å². The summed E-state index contributed by atoms with van der Waals surface area (Å²) in [6, 6.07) is 7.48. The third-order valence-corrected chi connectivity index (χ3v) is 4.48. The molecule has 0 radical (unpaired) electrons. The van der Waals surface area contributed by atoms with Crippen LogP contribution in [0.4, 0.5) is 0 Å². The van der Waals surface area contributed by atoms with E-state index < -0.39 is 0 Å². The monoisotopic (exact) mass is 404 g/mol. The molecule has 3 rings (SSSR count). The van der Waals surface area contributed by atoms with E-state index in [0.29, 0.717) is 18.8 Å². The highest BCUT2D eigenvalue weighted by Crippen LogP contribution is 2.34. The minimum absolute atomic E-state index is 0.136. The first-order valence-electron chi connectivity index (χ1n) is 8.35. The number of nitrogens with one attached hydrogen (secondary N) is 1. The van der Waals surface area contributed by atoms with Crippen molar-refractivity contribution in [2.24, 2.45) is 5.92 Å². The van der Waals surface area contributed by atoms with Crippen molar-refractivity contribution < 1.29 is 14.3 Å². The van der Waals surface area contributed by atoms with Crippen LogP contribution in [0.5, 0.6) is 11.5 Å². The van der Waals surface area contributed by atoms with Crippen molar-refractivity contribution in [1.29, 1.82) is 0 Å². The number of rotatable bonds is 4. The lowest BCUT2D eigenvalue weighted by Gasteiger charge is -2.24. The van der Waals surface area contributed by atoms with Crippen LogP contribution >= 0.6 is 15.9 Å². The summed E-state index contributed by atoms with van der Waals surface area (Å²) in [7, 11) is 0. The van der Waals surface area contributed by atoms with Crippen molar-refractivity contribution in [1.82, 2.24) is 10.3 Å². The van der Waals surface area contributed by atoms with E-state index in [1.54, 1.807) is 18.5 Å². The average Bonchev–Trinajstić information content (AvgIpc) is 2.83. The predicted molar refractivity (Wildman–Crippen MR) is 99.0 cm³/mol. The molecular formula is C19H21BrN2O3. The zero-order valence-corrected chi connectivity index (χ0v) is 15.9. The van der Waals surface area contributed by atoms with Gasteiger partial charge in [0.25, 0.3) is 5.91 Å². The molecule has 6 heteroatoms. The van der Waals surface area contributed by atoms with Gasteiger partial charge in [0.2, 0.25) is 0 Å². The van der Waals surface area contributed by atoms with Crippen LogP contribution in [0.2, 0.25) is 0 Å². The van der Waals surface area contributed by atoms with Crippen LogP contribution in [0, 0.1) is 5.92 Å². The molecule has 1 atom stereocenters. The molecule has 0 saturated heterocycles. The van der Waals surface area contributed by atoms with E-state index >= 15 is 0 Å². The zero-order chi connectivity index (χ0) is 17.8. The maximum absolute atomic E-state index is 12.6. The number of carbonyl (C=O) groups is 1. The summed E-state index contributed by atoms with van der Waals surface area (Å²) in [5.74, 6) is 1.55. The van der Waals surface area contributed by atoms with Gasteiger partial charge in [0.05, 0.1) is 24.8 Å². The summed E-state index contributed by atoms with van der Waals surface area (Å²) < 4.78 is 12.2. The number of hydrogen-bond donors (Lipinski definition) is 1. The number of fused-ring (bicyclic) bond motifs is 1. The minimum Gasteiger partial charge on any atom is -0.490 e. The first kappa shape index (κ1) is 17.7. The fraction of sp³-hybridized carbons (Fsp3) is 0.368. The highest BCUT2D eigenvalue weighted by atomic mass is 79.9. The Balaban J connectivity index is 1.84. The van der Waals surface area contributed by atoms with E-state index in [9.17, 15) is 4.79 Å². The van der Waals surface area contributed by atoms with Crippen molar-refractivity contribution in [3.63, 3.8) is 0 Å². The predicted octanol–water partition coefficient (Wildman–Crippen LogP) is 4.13. The quantitative estimate of drug-likeness (QED) is 0.831. The standard InChI is InChI=1S/C19H21BrN2O3/c1-12(2)18(22-19(23)14-8-15(20)11-21-10-14)13-4-5-16-17(9-13)25-7-3-6-24-16/h4-5,8-12,18H,3,6-7H2,1-2H3,(H,22,23). The summed E-state index contributed by atoms with van der Waals surface area (Å²) >= 11 is 3.35. The van der Waals surface area contributed by atoms with Gasteiger partial charge in [0, 0.05) is 23.3 Å². The van der Waals surface area contributed by atoms with Gasteiger partial charge in [-0.2, -0.15) is 0 Å². The Bertz CT molecular complexity index is 764. The van der Waals surface area contributed by atoms with Gasteiger partial charge in [-0.25, -0.2) is 0 Å². The maximum Gasteiger partial charge on any atom is 0.253 e. The molecule has 1 aromatic carbocycles. The Morgan fingerprint density at radius 1 is 1.16 bits per heavy atom. The Hall–Kier alpha value is -2.08. The minimum atomic E-state index is -0.153. The number of carbonyl (C=O) groups excluding carboxylic acids is 1. The van der Waals surface area contributed by atoms with Crippen LogP contribution in [0.1, 0.15) is 42.2 Å². The van der Waals surface area contributed by atoms with Crippen molar-refractivity contribution in [2.75, 3.05) is 13.2 Å². The molecule has 1 aliphatic rings. The average molecular weight is 405 g/mol. The molecule has 0 fully saturated rings. The van der Waals surface area contributed by atoms with E-state index in [0.717, 1.165) is 28.0 Å². The summed E-state index contributed by atoms with van der Waals surface area (Å²) in [5, 5.41) is 3.10. The number of pyridine rings is 1. The third-order valence-electron chi connectivity index (χ3n) is 4.05. The number of amides is 1. The Morgan fingerprint density at radius 3 is 2.64 bits per heavy atom. The molecule has 132 valence electrons.